The van der Waals surface area contributed by atoms with E-state index in [0.29, 0.717) is 38.6 Å². The molecule has 7 heteroatoms. The molecule has 17 heavy (non-hydrogen) atoms. The second-order valence-corrected chi connectivity index (χ2v) is 3.39. The van der Waals surface area contributed by atoms with Crippen LogP contribution in [0.25, 0.3) is 0 Å². The van der Waals surface area contributed by atoms with Gasteiger partial charge in [0.05, 0.1) is 13.2 Å². The van der Waals surface area contributed by atoms with Gasteiger partial charge in [0.15, 0.2) is 0 Å². The fourth-order valence-electron chi connectivity index (χ4n) is 1.05. The van der Waals surface area contributed by atoms with E-state index in [0.717, 1.165) is 6.42 Å². The monoisotopic (exact) mass is 245 g/mol. The summed E-state index contributed by atoms with van der Waals surface area (Å²) in [5.41, 5.74) is 2.43. The van der Waals surface area contributed by atoms with Crippen LogP contribution in [-0.2, 0) is 9.53 Å². The number of methoxy groups -OCH3 is 1. The fourth-order valence-corrected chi connectivity index (χ4v) is 1.05. The first kappa shape index (κ1) is 15.7. The van der Waals surface area contributed by atoms with E-state index in [9.17, 15) is 4.79 Å². The smallest absolute Gasteiger partial charge is 0.221 e. The van der Waals surface area contributed by atoms with Crippen molar-refractivity contribution in [1.29, 1.82) is 0 Å². The summed E-state index contributed by atoms with van der Waals surface area (Å²) in [6.45, 7) is 4.26. The van der Waals surface area contributed by atoms with Gasteiger partial charge in [-0.15, -0.1) is 0 Å². The topological polar surface area (TPSA) is 101 Å². The number of hydrogen-bond donors (Lipinski definition) is 4. The standard InChI is InChI=1S/C10H23N5O2/c1-3-5-12-9(16)4-6-13-10(15-11)14-7-8-17-2/h3-8,11H2,1-2H3,(H,12,16)(H2,13,14,15). The Morgan fingerprint density at radius 3 is 2.71 bits per heavy atom. The van der Waals surface area contributed by atoms with Gasteiger partial charge in [-0.25, -0.2) is 10.8 Å². The van der Waals surface area contributed by atoms with Crippen molar-refractivity contribution in [1.82, 2.24) is 16.1 Å². The van der Waals surface area contributed by atoms with Gasteiger partial charge in [0.2, 0.25) is 11.9 Å². The number of amides is 1. The van der Waals surface area contributed by atoms with Crippen molar-refractivity contribution in [3.63, 3.8) is 0 Å². The molecule has 1 amide bonds. The van der Waals surface area contributed by atoms with E-state index in [4.69, 9.17) is 10.6 Å². The first-order valence-electron chi connectivity index (χ1n) is 5.75. The van der Waals surface area contributed by atoms with Gasteiger partial charge < -0.3 is 15.4 Å². The first-order valence-corrected chi connectivity index (χ1v) is 5.75. The van der Waals surface area contributed by atoms with E-state index in [1.807, 2.05) is 6.92 Å². The molecule has 0 fully saturated rings. The number of ether oxygens (including phenoxy) is 1. The molecule has 0 bridgehead atoms. The summed E-state index contributed by atoms with van der Waals surface area (Å²) in [5.74, 6) is 5.75. The predicted molar refractivity (Wildman–Crippen MR) is 67.4 cm³/mol. The average Bonchev–Trinajstić information content (AvgIpc) is 2.34. The third-order valence-corrected chi connectivity index (χ3v) is 1.92. The van der Waals surface area contributed by atoms with Crippen LogP contribution in [0.2, 0.25) is 0 Å². The number of nitrogens with one attached hydrogen (secondary N) is 3. The lowest BCUT2D eigenvalue weighted by Gasteiger charge is -2.09. The van der Waals surface area contributed by atoms with Crippen molar-refractivity contribution in [2.45, 2.75) is 19.8 Å². The zero-order valence-corrected chi connectivity index (χ0v) is 10.6. The fraction of sp³-hybridized carbons (Fsp3) is 0.800. The Balaban J connectivity index is 3.68. The van der Waals surface area contributed by atoms with Crippen LogP contribution in [0.1, 0.15) is 19.8 Å². The Hall–Kier alpha value is -1.34. The van der Waals surface area contributed by atoms with E-state index in [2.05, 4.69) is 21.1 Å². The Morgan fingerprint density at radius 2 is 2.12 bits per heavy atom. The van der Waals surface area contributed by atoms with Crippen LogP contribution in [0.15, 0.2) is 4.99 Å². The Bertz CT molecular complexity index is 233. The highest BCUT2D eigenvalue weighted by molar-refractivity contribution is 5.80. The van der Waals surface area contributed by atoms with E-state index >= 15 is 0 Å². The van der Waals surface area contributed by atoms with E-state index in [-0.39, 0.29) is 5.91 Å². The third kappa shape index (κ3) is 9.58. The minimum atomic E-state index is 0.0209. The van der Waals surface area contributed by atoms with Crippen LogP contribution in [0.4, 0.5) is 0 Å². The molecule has 5 N–H and O–H groups in total. The number of guanidine groups is 1. The molecule has 0 aliphatic carbocycles. The molecular weight excluding hydrogens is 222 g/mol. The number of nitrogens with two attached hydrogens (primary N) is 1. The minimum Gasteiger partial charge on any atom is -0.383 e. The van der Waals surface area contributed by atoms with Crippen molar-refractivity contribution in [2.75, 3.05) is 33.4 Å². The number of hydrogen-bond acceptors (Lipinski definition) is 4. The minimum absolute atomic E-state index is 0.0209. The number of rotatable bonds is 8. The molecule has 0 aromatic carbocycles. The Kier molecular flexibility index (Phi) is 10.3. The SMILES string of the molecule is CCCNC(=O)CCNC(=NCCOC)NN. The molecule has 100 valence electrons. The Labute approximate surface area is 102 Å². The van der Waals surface area contributed by atoms with Gasteiger partial charge in [0.1, 0.15) is 0 Å². The molecular formula is C10H23N5O2. The van der Waals surface area contributed by atoms with Crippen molar-refractivity contribution >= 4 is 11.9 Å². The molecule has 0 aliphatic heterocycles. The van der Waals surface area contributed by atoms with Crippen molar-refractivity contribution in [3.8, 4) is 0 Å². The molecule has 0 spiro atoms. The molecule has 0 aromatic rings. The highest BCUT2D eigenvalue weighted by Crippen LogP contribution is 1.80. The zero-order chi connectivity index (χ0) is 12.9. The second-order valence-electron chi connectivity index (χ2n) is 3.39. The van der Waals surface area contributed by atoms with Crippen LogP contribution in [0.5, 0.6) is 0 Å². The third-order valence-electron chi connectivity index (χ3n) is 1.92. The normalized spacial score (nSPS) is 11.1. The van der Waals surface area contributed by atoms with Crippen molar-refractivity contribution in [3.05, 3.63) is 0 Å². The van der Waals surface area contributed by atoms with Crippen LogP contribution in [0.3, 0.4) is 0 Å². The largest absolute Gasteiger partial charge is 0.383 e. The molecule has 0 heterocycles. The van der Waals surface area contributed by atoms with Gasteiger partial charge in [-0.05, 0) is 6.42 Å². The van der Waals surface area contributed by atoms with Crippen LogP contribution in [-0.4, -0.2) is 45.2 Å². The number of nitrogens with zero attached hydrogens (tertiary/aromatic N) is 1. The molecule has 0 unspecified atom stereocenters. The summed E-state index contributed by atoms with van der Waals surface area (Å²) < 4.78 is 4.86. The molecule has 0 rings (SSSR count). The summed E-state index contributed by atoms with van der Waals surface area (Å²) in [6, 6.07) is 0. The van der Waals surface area contributed by atoms with Crippen molar-refractivity contribution < 1.29 is 9.53 Å². The van der Waals surface area contributed by atoms with Gasteiger partial charge >= 0.3 is 0 Å². The molecule has 7 nitrogen and oxygen atoms in total. The highest BCUT2D eigenvalue weighted by atomic mass is 16.5. The van der Waals surface area contributed by atoms with E-state index < -0.39 is 0 Å². The van der Waals surface area contributed by atoms with Gasteiger partial charge in [-0.1, -0.05) is 6.92 Å². The van der Waals surface area contributed by atoms with Crippen LogP contribution in [0, 0.1) is 0 Å². The maximum atomic E-state index is 11.3. The maximum Gasteiger partial charge on any atom is 0.221 e. The van der Waals surface area contributed by atoms with Crippen molar-refractivity contribution in [2.24, 2.45) is 10.8 Å². The van der Waals surface area contributed by atoms with E-state index in [1.54, 1.807) is 7.11 Å². The van der Waals surface area contributed by atoms with Gasteiger partial charge in [-0.2, -0.15) is 0 Å². The molecule has 0 aliphatic rings. The number of carbonyl (C=O) groups excluding carboxylic acids is 1. The van der Waals surface area contributed by atoms with Crippen LogP contribution < -0.4 is 21.9 Å². The molecule has 0 atom stereocenters. The number of hydrazine groups is 1. The lowest BCUT2D eigenvalue weighted by molar-refractivity contribution is -0.120. The number of aliphatic imine (C=N–C) groups is 1. The zero-order valence-electron chi connectivity index (χ0n) is 10.6. The molecule has 0 radical (unpaired) electrons. The predicted octanol–water partition coefficient (Wildman–Crippen LogP) is -1.04. The highest BCUT2D eigenvalue weighted by Gasteiger charge is 2.00. The summed E-state index contributed by atoms with van der Waals surface area (Å²) in [7, 11) is 1.61. The Morgan fingerprint density at radius 1 is 1.35 bits per heavy atom. The lowest BCUT2D eigenvalue weighted by Crippen LogP contribution is -2.43. The summed E-state index contributed by atoms with van der Waals surface area (Å²) in [5, 5.41) is 5.72. The average molecular weight is 245 g/mol. The van der Waals surface area contributed by atoms with Gasteiger partial charge in [0, 0.05) is 26.6 Å². The summed E-state index contributed by atoms with van der Waals surface area (Å²) >= 11 is 0. The lowest BCUT2D eigenvalue weighted by atomic mass is 10.4. The molecule has 0 saturated carbocycles. The number of carbonyl (C=O) groups is 1. The van der Waals surface area contributed by atoms with Gasteiger partial charge in [0.25, 0.3) is 0 Å². The second kappa shape index (κ2) is 11.2. The summed E-state index contributed by atoms with van der Waals surface area (Å²) in [6.07, 6.45) is 1.33. The molecule has 0 saturated heterocycles. The quantitative estimate of drug-likeness (QED) is 0.144. The van der Waals surface area contributed by atoms with Gasteiger partial charge in [-0.3, -0.25) is 10.2 Å². The molecule has 0 aromatic heterocycles. The van der Waals surface area contributed by atoms with E-state index in [1.165, 1.54) is 0 Å². The van der Waals surface area contributed by atoms with Crippen LogP contribution >= 0.6 is 0 Å². The summed E-state index contributed by atoms with van der Waals surface area (Å²) in [4.78, 5) is 15.4. The maximum absolute atomic E-state index is 11.3. The first-order chi connectivity index (χ1) is 8.24.